The van der Waals surface area contributed by atoms with Crippen LogP contribution in [-0.4, -0.2) is 18.4 Å². The van der Waals surface area contributed by atoms with E-state index in [0.717, 1.165) is 16.5 Å². The first-order chi connectivity index (χ1) is 12.7. The first-order valence-corrected chi connectivity index (χ1v) is 9.10. The highest BCUT2D eigenvalue weighted by atomic mass is 32.1. The van der Waals surface area contributed by atoms with Crippen molar-refractivity contribution in [1.29, 1.82) is 5.41 Å². The quantitative estimate of drug-likeness (QED) is 0.347. The molecule has 0 spiro atoms. The number of hydrogen-bond acceptors (Lipinski definition) is 2. The van der Waals surface area contributed by atoms with Gasteiger partial charge in [-0.05, 0) is 31.8 Å². The predicted molar refractivity (Wildman–Crippen MR) is 113 cm³/mol. The summed E-state index contributed by atoms with van der Waals surface area (Å²) < 4.78 is 2.42. The molecular weight excluding hydrogens is 338 g/mol. The Kier molecular flexibility index (Phi) is 4.19. The van der Waals surface area contributed by atoms with Crippen molar-refractivity contribution in [2.24, 2.45) is 9.98 Å². The van der Waals surface area contributed by atoms with Gasteiger partial charge in [0.25, 0.3) is 0 Å². The summed E-state index contributed by atoms with van der Waals surface area (Å²) in [6.07, 6.45) is 0. The van der Waals surface area contributed by atoms with E-state index in [1.54, 1.807) is 11.3 Å². The van der Waals surface area contributed by atoms with Crippen molar-refractivity contribution in [3.05, 3.63) is 83.4 Å². The topological polar surface area (TPSA) is 48.6 Å². The molecule has 26 heavy (non-hydrogen) atoms. The Bertz CT molecular complexity index is 1170. The maximum atomic E-state index is 8.31. The van der Waals surface area contributed by atoms with Crippen LogP contribution in [0.15, 0.2) is 76.7 Å². The van der Waals surface area contributed by atoms with Crippen molar-refractivity contribution in [1.82, 2.24) is 0 Å². The third kappa shape index (κ3) is 2.85. The Labute approximate surface area is 155 Å². The van der Waals surface area contributed by atoms with Crippen molar-refractivity contribution in [2.75, 3.05) is 0 Å². The average Bonchev–Trinajstić information content (AvgIpc) is 3.04. The molecule has 4 heteroatoms. The van der Waals surface area contributed by atoms with Gasteiger partial charge >= 0.3 is 0 Å². The summed E-state index contributed by atoms with van der Waals surface area (Å²) in [5.74, 6) is 0.659. The molecule has 0 saturated heterocycles. The molecule has 0 fully saturated rings. The fourth-order valence-electron chi connectivity index (χ4n) is 3.07. The number of nitrogens with zero attached hydrogens (tertiary/aromatic N) is 2. The minimum Gasteiger partial charge on any atom is -0.282 e. The second-order valence-electron chi connectivity index (χ2n) is 6.09. The zero-order valence-electron chi connectivity index (χ0n) is 14.4. The molecule has 0 radical (unpaired) electrons. The van der Waals surface area contributed by atoms with E-state index in [9.17, 15) is 0 Å². The van der Waals surface area contributed by atoms with Gasteiger partial charge in [0.2, 0.25) is 0 Å². The molecule has 0 unspecified atom stereocenters. The number of amidine groups is 2. The van der Waals surface area contributed by atoms with Crippen LogP contribution in [0.2, 0.25) is 0 Å². The lowest BCUT2D eigenvalue weighted by atomic mass is 10.0. The number of rotatable bonds is 2. The first kappa shape index (κ1) is 16.4. The summed E-state index contributed by atoms with van der Waals surface area (Å²) in [5.41, 5.74) is 2.89. The van der Waals surface area contributed by atoms with Crippen LogP contribution in [0.5, 0.6) is 0 Å². The van der Waals surface area contributed by atoms with E-state index in [4.69, 9.17) is 5.41 Å². The smallest absolute Gasteiger partial charge is 0.161 e. The molecule has 3 nitrogen and oxygen atoms in total. The summed E-state index contributed by atoms with van der Waals surface area (Å²) in [6, 6.07) is 22.1. The van der Waals surface area contributed by atoms with Gasteiger partial charge < -0.3 is 0 Å². The molecule has 1 N–H and O–H groups in total. The summed E-state index contributed by atoms with van der Waals surface area (Å²) in [4.78, 5) is 8.62. The normalized spacial score (nSPS) is 11.8. The minimum absolute atomic E-state index is 0.181. The lowest BCUT2D eigenvalue weighted by Crippen LogP contribution is -2.03. The van der Waals surface area contributed by atoms with Crippen molar-refractivity contribution >= 4 is 49.9 Å². The Hall–Kier alpha value is -3.11. The molecule has 0 saturated carbocycles. The highest BCUT2D eigenvalue weighted by Crippen LogP contribution is 2.36. The fraction of sp³-hybridized carbons (Fsp3) is 0.0455. The standard InChI is InChI=1S/C22H17N3S/c1-14-11-12-18-17(13-14)20-16(9-6-10-19(20)26-18)22(24-2)25-21(23)15-7-4-3-5-8-15/h3-13,23H,2H2,1H3. The molecule has 1 aromatic heterocycles. The first-order valence-electron chi connectivity index (χ1n) is 8.29. The molecular formula is C22H17N3S. The summed E-state index contributed by atoms with van der Waals surface area (Å²) in [7, 11) is 0. The zero-order valence-corrected chi connectivity index (χ0v) is 15.2. The third-order valence-electron chi connectivity index (χ3n) is 4.31. The van der Waals surface area contributed by atoms with Crippen LogP contribution in [-0.2, 0) is 0 Å². The maximum Gasteiger partial charge on any atom is 0.161 e. The number of benzene rings is 3. The summed E-state index contributed by atoms with van der Waals surface area (Å²) in [5, 5.41) is 10.6. The number of aryl methyl sites for hydroxylation is 1. The van der Waals surface area contributed by atoms with E-state index in [1.807, 2.05) is 42.5 Å². The van der Waals surface area contributed by atoms with Crippen molar-refractivity contribution in [2.45, 2.75) is 6.92 Å². The second-order valence-corrected chi connectivity index (χ2v) is 7.17. The van der Waals surface area contributed by atoms with E-state index >= 15 is 0 Å². The van der Waals surface area contributed by atoms with Crippen LogP contribution in [0.1, 0.15) is 16.7 Å². The van der Waals surface area contributed by atoms with E-state index in [1.165, 1.54) is 20.3 Å². The third-order valence-corrected chi connectivity index (χ3v) is 5.44. The van der Waals surface area contributed by atoms with Gasteiger partial charge in [-0.15, -0.1) is 11.3 Å². The van der Waals surface area contributed by atoms with E-state index in [2.05, 4.69) is 47.9 Å². The highest BCUT2D eigenvalue weighted by Gasteiger charge is 2.14. The Morgan fingerprint density at radius 3 is 2.54 bits per heavy atom. The van der Waals surface area contributed by atoms with Crippen molar-refractivity contribution in [3.8, 4) is 0 Å². The molecule has 0 aliphatic carbocycles. The molecule has 0 aliphatic heterocycles. The molecule has 1 heterocycles. The van der Waals surface area contributed by atoms with Gasteiger partial charge in [0.05, 0.1) is 0 Å². The number of fused-ring (bicyclic) bond motifs is 3. The van der Waals surface area contributed by atoms with Gasteiger partial charge in [-0.1, -0.05) is 54.1 Å². The highest BCUT2D eigenvalue weighted by molar-refractivity contribution is 7.25. The monoisotopic (exact) mass is 355 g/mol. The maximum absolute atomic E-state index is 8.31. The molecule has 0 atom stereocenters. The largest absolute Gasteiger partial charge is 0.282 e. The Morgan fingerprint density at radius 1 is 0.962 bits per heavy atom. The van der Waals surface area contributed by atoms with Gasteiger partial charge in [0.1, 0.15) is 0 Å². The van der Waals surface area contributed by atoms with Crippen molar-refractivity contribution < 1.29 is 0 Å². The van der Waals surface area contributed by atoms with Crippen LogP contribution in [0, 0.1) is 12.3 Å². The van der Waals surface area contributed by atoms with Crippen molar-refractivity contribution in [3.63, 3.8) is 0 Å². The number of hydrogen-bond donors (Lipinski definition) is 1. The van der Waals surface area contributed by atoms with E-state index in [-0.39, 0.29) is 5.84 Å². The Morgan fingerprint density at radius 2 is 1.77 bits per heavy atom. The lowest BCUT2D eigenvalue weighted by Gasteiger charge is -2.05. The van der Waals surface area contributed by atoms with Gasteiger partial charge in [-0.3, -0.25) is 5.41 Å². The van der Waals surface area contributed by atoms with Crippen LogP contribution in [0.3, 0.4) is 0 Å². The zero-order chi connectivity index (χ0) is 18.1. The number of aliphatic imine (C=N–C) groups is 2. The van der Waals surface area contributed by atoms with Gasteiger partial charge in [-0.2, -0.15) is 0 Å². The Balaban J connectivity index is 1.93. The van der Waals surface area contributed by atoms with Gasteiger partial charge in [-0.25, -0.2) is 9.98 Å². The molecule has 4 aromatic rings. The van der Waals surface area contributed by atoms with Gasteiger partial charge in [0.15, 0.2) is 11.7 Å². The van der Waals surface area contributed by atoms with Crippen LogP contribution >= 0.6 is 11.3 Å². The van der Waals surface area contributed by atoms with Crippen LogP contribution in [0.25, 0.3) is 20.2 Å². The average molecular weight is 355 g/mol. The molecule has 0 bridgehead atoms. The second kappa shape index (κ2) is 6.65. The minimum atomic E-state index is 0.181. The van der Waals surface area contributed by atoms with Crippen LogP contribution in [0.4, 0.5) is 0 Å². The summed E-state index contributed by atoms with van der Waals surface area (Å²) in [6.45, 7) is 5.79. The van der Waals surface area contributed by atoms with E-state index in [0.29, 0.717) is 5.84 Å². The molecule has 0 aliphatic rings. The van der Waals surface area contributed by atoms with Gasteiger partial charge in [0, 0.05) is 31.3 Å². The lowest BCUT2D eigenvalue weighted by molar-refractivity contribution is 1.40. The molecule has 0 amide bonds. The predicted octanol–water partition coefficient (Wildman–Crippen LogP) is 5.84. The number of thiophene rings is 1. The summed E-state index contributed by atoms with van der Waals surface area (Å²) >= 11 is 1.76. The number of nitrogens with one attached hydrogen (secondary N) is 1. The molecule has 3 aromatic carbocycles. The SMILES string of the molecule is C=NC(=NC(=N)c1ccccc1)c1cccc2sc3ccc(C)cc3c12. The molecule has 126 valence electrons. The molecule has 4 rings (SSSR count). The van der Waals surface area contributed by atoms with E-state index < -0.39 is 0 Å². The fourth-order valence-corrected chi connectivity index (χ4v) is 4.19. The van der Waals surface area contributed by atoms with Crippen LogP contribution < -0.4 is 0 Å².